The van der Waals surface area contributed by atoms with Crippen LogP contribution in [0.15, 0.2) is 66.4 Å². The lowest BCUT2D eigenvalue weighted by Crippen LogP contribution is -1.99. The minimum Gasteiger partial charge on any atom is -0.508 e. The molecule has 0 aliphatic heterocycles. The smallest absolute Gasteiger partial charge is 0.159 e. The molecule has 25 heavy (non-hydrogen) atoms. The van der Waals surface area contributed by atoms with Crippen molar-refractivity contribution in [2.45, 2.75) is 12.8 Å². The number of ketones is 1. The van der Waals surface area contributed by atoms with Crippen LogP contribution in [0.25, 0.3) is 6.08 Å². The highest BCUT2D eigenvalue weighted by Crippen LogP contribution is 2.20. The number of para-hydroxylation sites is 2. The molecule has 4 heteroatoms. The maximum Gasteiger partial charge on any atom is 0.159 e. The van der Waals surface area contributed by atoms with Gasteiger partial charge in [0, 0.05) is 18.1 Å². The van der Waals surface area contributed by atoms with Crippen LogP contribution in [0.1, 0.15) is 17.5 Å². The Morgan fingerprint density at radius 1 is 1.00 bits per heavy atom. The van der Waals surface area contributed by atoms with E-state index >= 15 is 0 Å². The summed E-state index contributed by atoms with van der Waals surface area (Å²) in [7, 11) is 3.19. The van der Waals surface area contributed by atoms with Crippen LogP contribution in [0.4, 0.5) is 0 Å². The Bertz CT molecular complexity index is 775. The zero-order valence-electron chi connectivity index (χ0n) is 14.4. The van der Waals surface area contributed by atoms with Crippen molar-refractivity contribution in [2.24, 2.45) is 0 Å². The molecule has 0 unspecified atom stereocenters. The van der Waals surface area contributed by atoms with Crippen LogP contribution in [-0.2, 0) is 11.2 Å². The quantitative estimate of drug-likeness (QED) is 0.441. The second kappa shape index (κ2) is 9.33. The second-order valence-corrected chi connectivity index (χ2v) is 5.42. The molecule has 0 aliphatic carbocycles. The third kappa shape index (κ3) is 5.53. The van der Waals surface area contributed by atoms with Crippen molar-refractivity contribution < 1.29 is 19.4 Å². The Morgan fingerprint density at radius 3 is 2.36 bits per heavy atom. The summed E-state index contributed by atoms with van der Waals surface area (Å²) in [5, 5.41) is 9.93. The largest absolute Gasteiger partial charge is 0.508 e. The fourth-order valence-electron chi connectivity index (χ4n) is 2.43. The summed E-state index contributed by atoms with van der Waals surface area (Å²) in [5.74, 6) is 1.23. The van der Waals surface area contributed by atoms with Crippen LogP contribution in [0, 0.1) is 0 Å². The topological polar surface area (TPSA) is 55.8 Å². The second-order valence-electron chi connectivity index (χ2n) is 5.42. The van der Waals surface area contributed by atoms with Crippen LogP contribution in [0.2, 0.25) is 0 Å². The molecule has 0 heterocycles. The third-order valence-electron chi connectivity index (χ3n) is 3.71. The average molecular weight is 338 g/mol. The Hall–Kier alpha value is -3.01. The molecule has 0 radical (unpaired) electrons. The molecule has 0 aromatic heterocycles. The fourth-order valence-corrected chi connectivity index (χ4v) is 2.43. The van der Waals surface area contributed by atoms with Gasteiger partial charge in [-0.05, 0) is 36.3 Å². The summed E-state index contributed by atoms with van der Waals surface area (Å²) >= 11 is 0. The highest BCUT2D eigenvalue weighted by molar-refractivity contribution is 5.90. The summed E-state index contributed by atoms with van der Waals surface area (Å²) in [6.07, 6.45) is 5.29. The SMILES string of the molecule is COc1ccccc1/C=C/C(O)=CC(=O)CCc1ccccc1OC. The van der Waals surface area contributed by atoms with Gasteiger partial charge < -0.3 is 14.6 Å². The summed E-state index contributed by atoms with van der Waals surface area (Å²) in [6.45, 7) is 0. The van der Waals surface area contributed by atoms with E-state index in [1.54, 1.807) is 20.3 Å². The summed E-state index contributed by atoms with van der Waals surface area (Å²) < 4.78 is 10.5. The van der Waals surface area contributed by atoms with Crippen LogP contribution in [-0.4, -0.2) is 25.1 Å². The van der Waals surface area contributed by atoms with Gasteiger partial charge in [0.2, 0.25) is 0 Å². The van der Waals surface area contributed by atoms with Crippen molar-refractivity contribution in [3.05, 3.63) is 77.6 Å². The lowest BCUT2D eigenvalue weighted by molar-refractivity contribution is -0.114. The molecule has 0 bridgehead atoms. The first-order valence-electron chi connectivity index (χ1n) is 8.00. The van der Waals surface area contributed by atoms with Gasteiger partial charge in [-0.15, -0.1) is 0 Å². The number of methoxy groups -OCH3 is 2. The maximum atomic E-state index is 12.0. The lowest BCUT2D eigenvalue weighted by Gasteiger charge is -2.06. The van der Waals surface area contributed by atoms with E-state index in [0.717, 1.165) is 16.9 Å². The van der Waals surface area contributed by atoms with E-state index < -0.39 is 0 Å². The van der Waals surface area contributed by atoms with Crippen LogP contribution >= 0.6 is 0 Å². The lowest BCUT2D eigenvalue weighted by atomic mass is 10.1. The van der Waals surface area contributed by atoms with E-state index in [1.807, 2.05) is 48.5 Å². The van der Waals surface area contributed by atoms with Gasteiger partial charge in [-0.1, -0.05) is 36.4 Å². The monoisotopic (exact) mass is 338 g/mol. The summed E-state index contributed by atoms with van der Waals surface area (Å²) in [5.41, 5.74) is 1.79. The number of aliphatic hydroxyl groups excluding tert-OH is 1. The Balaban J connectivity index is 1.97. The maximum absolute atomic E-state index is 12.0. The van der Waals surface area contributed by atoms with E-state index in [2.05, 4.69) is 0 Å². The number of hydrogen-bond donors (Lipinski definition) is 1. The van der Waals surface area contributed by atoms with Crippen molar-refractivity contribution >= 4 is 11.9 Å². The third-order valence-corrected chi connectivity index (χ3v) is 3.71. The van der Waals surface area contributed by atoms with E-state index in [-0.39, 0.29) is 11.5 Å². The molecule has 4 nitrogen and oxygen atoms in total. The molecule has 1 N–H and O–H groups in total. The number of rotatable bonds is 8. The number of aliphatic hydroxyl groups is 1. The van der Waals surface area contributed by atoms with Crippen LogP contribution in [0.5, 0.6) is 11.5 Å². The minimum atomic E-state index is -0.145. The normalized spacial score (nSPS) is 11.5. The molecular weight excluding hydrogens is 316 g/mol. The van der Waals surface area contributed by atoms with Crippen molar-refractivity contribution in [1.82, 2.24) is 0 Å². The van der Waals surface area contributed by atoms with Crippen molar-refractivity contribution in [3.8, 4) is 11.5 Å². The number of carbonyl (C=O) groups excluding carboxylic acids is 1. The number of hydrogen-bond acceptors (Lipinski definition) is 4. The zero-order valence-corrected chi connectivity index (χ0v) is 14.4. The van der Waals surface area contributed by atoms with E-state index in [4.69, 9.17) is 9.47 Å². The molecule has 2 rings (SSSR count). The highest BCUT2D eigenvalue weighted by Gasteiger charge is 2.05. The summed E-state index contributed by atoms with van der Waals surface area (Å²) in [6, 6.07) is 15.0. The van der Waals surface area contributed by atoms with Crippen molar-refractivity contribution in [3.63, 3.8) is 0 Å². The molecule has 2 aromatic carbocycles. The Morgan fingerprint density at radius 2 is 1.64 bits per heavy atom. The fraction of sp³-hybridized carbons (Fsp3) is 0.190. The van der Waals surface area contributed by atoms with Gasteiger partial charge in [0.05, 0.1) is 14.2 Å². The first-order chi connectivity index (χ1) is 12.1. The Kier molecular flexibility index (Phi) is 6.84. The van der Waals surface area contributed by atoms with Gasteiger partial charge in [-0.3, -0.25) is 4.79 Å². The van der Waals surface area contributed by atoms with Gasteiger partial charge in [-0.25, -0.2) is 0 Å². The summed E-state index contributed by atoms with van der Waals surface area (Å²) in [4.78, 5) is 12.0. The number of aryl methyl sites for hydroxylation is 1. The molecule has 0 spiro atoms. The van der Waals surface area contributed by atoms with Crippen LogP contribution in [0.3, 0.4) is 0 Å². The highest BCUT2D eigenvalue weighted by atomic mass is 16.5. The van der Waals surface area contributed by atoms with Gasteiger partial charge >= 0.3 is 0 Å². The zero-order chi connectivity index (χ0) is 18.1. The van der Waals surface area contributed by atoms with Gasteiger partial charge in [0.15, 0.2) is 5.78 Å². The molecule has 0 fully saturated rings. The molecule has 0 aliphatic rings. The average Bonchev–Trinajstić information content (AvgIpc) is 2.65. The molecule has 0 saturated carbocycles. The minimum absolute atomic E-state index is 0.0871. The first kappa shape index (κ1) is 18.3. The molecule has 0 atom stereocenters. The van der Waals surface area contributed by atoms with E-state index in [9.17, 15) is 9.90 Å². The van der Waals surface area contributed by atoms with Crippen molar-refractivity contribution in [1.29, 1.82) is 0 Å². The molecular formula is C21H22O4. The van der Waals surface area contributed by atoms with Crippen molar-refractivity contribution in [2.75, 3.05) is 14.2 Å². The van der Waals surface area contributed by atoms with Gasteiger partial charge in [-0.2, -0.15) is 0 Å². The molecule has 2 aromatic rings. The van der Waals surface area contributed by atoms with E-state index in [0.29, 0.717) is 18.6 Å². The molecule has 0 amide bonds. The first-order valence-corrected chi connectivity index (χ1v) is 8.00. The number of benzene rings is 2. The molecule has 0 saturated heterocycles. The number of carbonyl (C=O) groups is 1. The predicted molar refractivity (Wildman–Crippen MR) is 99.1 cm³/mol. The van der Waals surface area contributed by atoms with Crippen LogP contribution < -0.4 is 9.47 Å². The predicted octanol–water partition coefficient (Wildman–Crippen LogP) is 4.36. The standard InChI is InChI=1S/C21H22O4/c1-24-20-9-5-3-7-16(20)11-13-18(22)15-19(23)14-12-17-8-4-6-10-21(17)25-2/h3-11,13,15,22H,12,14H2,1-2H3/b13-11+,18-15?. The molecule has 130 valence electrons. The van der Waals surface area contributed by atoms with E-state index in [1.165, 1.54) is 12.2 Å². The Labute approximate surface area is 148 Å². The number of ether oxygens (including phenoxy) is 2. The van der Waals surface area contributed by atoms with Gasteiger partial charge in [0.25, 0.3) is 0 Å². The van der Waals surface area contributed by atoms with Gasteiger partial charge in [0.1, 0.15) is 17.3 Å². The number of allylic oxidation sites excluding steroid dienone is 2.